The first kappa shape index (κ1) is 23.2. The maximum Gasteiger partial charge on any atom is 0.340 e. The minimum atomic E-state index is -1.04. The molecular weight excluding hydrogens is 460 g/mol. The third-order valence-corrected chi connectivity index (χ3v) is 7.46. The number of hydrogen-bond acceptors (Lipinski definition) is 5. The van der Waals surface area contributed by atoms with Crippen molar-refractivity contribution in [3.63, 3.8) is 0 Å². The van der Waals surface area contributed by atoms with Crippen molar-refractivity contribution in [2.24, 2.45) is 0 Å². The molecule has 1 N–H and O–H groups in total. The first-order chi connectivity index (χ1) is 18.0. The smallest absolute Gasteiger partial charge is 0.340 e. The van der Waals surface area contributed by atoms with E-state index in [1.165, 1.54) is 0 Å². The van der Waals surface area contributed by atoms with Crippen LogP contribution >= 0.6 is 0 Å². The molecular formula is C32H30N2O3. The fourth-order valence-electron chi connectivity index (χ4n) is 5.57. The second-order valence-electron chi connectivity index (χ2n) is 9.79. The van der Waals surface area contributed by atoms with Crippen LogP contribution in [0.25, 0.3) is 0 Å². The molecule has 1 spiro atoms. The number of aryl methyl sites for hydroxylation is 2. The van der Waals surface area contributed by atoms with E-state index in [0.29, 0.717) is 11.3 Å². The average Bonchev–Trinajstić information content (AvgIpc) is 3.21. The van der Waals surface area contributed by atoms with Crippen LogP contribution in [0.3, 0.4) is 0 Å². The number of ether oxygens (including phenoxy) is 2. The highest BCUT2D eigenvalue weighted by Crippen LogP contribution is 2.58. The number of hydrogen-bond donors (Lipinski definition) is 1. The predicted molar refractivity (Wildman–Crippen MR) is 148 cm³/mol. The highest BCUT2D eigenvalue weighted by atomic mass is 16.6. The lowest BCUT2D eigenvalue weighted by Gasteiger charge is -2.39. The topological polar surface area (TPSA) is 50.8 Å². The maximum atomic E-state index is 13.2. The summed E-state index contributed by atoms with van der Waals surface area (Å²) in [7, 11) is 4.05. The Kier molecular flexibility index (Phi) is 5.45. The number of esters is 1. The van der Waals surface area contributed by atoms with Gasteiger partial charge in [0.05, 0.1) is 11.1 Å². The van der Waals surface area contributed by atoms with Crippen LogP contribution < -0.4 is 15.0 Å². The van der Waals surface area contributed by atoms with Crippen molar-refractivity contribution < 1.29 is 14.3 Å². The zero-order valence-electron chi connectivity index (χ0n) is 21.6. The van der Waals surface area contributed by atoms with Gasteiger partial charge in [-0.2, -0.15) is 0 Å². The quantitative estimate of drug-likeness (QED) is 0.300. The van der Waals surface area contributed by atoms with Crippen LogP contribution in [0.15, 0.2) is 78.9 Å². The largest absolute Gasteiger partial charge is 0.456 e. The molecule has 2 aliphatic heterocycles. The zero-order chi connectivity index (χ0) is 25.7. The minimum absolute atomic E-state index is 0.304. The number of fused-ring (bicyclic) bond motifs is 6. The van der Waals surface area contributed by atoms with Gasteiger partial charge in [-0.05, 0) is 66.4 Å². The lowest BCUT2D eigenvalue weighted by molar-refractivity contribution is 0.0221. The maximum absolute atomic E-state index is 13.2. The van der Waals surface area contributed by atoms with E-state index < -0.39 is 5.60 Å². The molecule has 0 aliphatic carbocycles. The van der Waals surface area contributed by atoms with E-state index in [9.17, 15) is 4.79 Å². The summed E-state index contributed by atoms with van der Waals surface area (Å²) < 4.78 is 13.1. The fraction of sp³-hybridized carbons (Fsp3) is 0.219. The summed E-state index contributed by atoms with van der Waals surface area (Å²) in [5, 5.41) is 3.50. The molecule has 4 aromatic carbocycles. The van der Waals surface area contributed by atoms with Crippen LogP contribution in [0.2, 0.25) is 0 Å². The van der Waals surface area contributed by atoms with E-state index >= 15 is 0 Å². The molecule has 2 aliphatic rings. The number of nitrogens with one attached hydrogen (secondary N) is 1. The molecule has 37 heavy (non-hydrogen) atoms. The lowest BCUT2D eigenvalue weighted by Crippen LogP contribution is -2.34. The van der Waals surface area contributed by atoms with Crippen molar-refractivity contribution >= 4 is 23.0 Å². The molecule has 2 heterocycles. The van der Waals surface area contributed by atoms with Gasteiger partial charge in [-0.1, -0.05) is 44.2 Å². The van der Waals surface area contributed by atoms with Gasteiger partial charge < -0.3 is 19.7 Å². The third-order valence-electron chi connectivity index (χ3n) is 7.46. The van der Waals surface area contributed by atoms with Gasteiger partial charge in [0.1, 0.15) is 11.5 Å². The van der Waals surface area contributed by atoms with E-state index in [1.807, 2.05) is 56.6 Å². The summed E-state index contributed by atoms with van der Waals surface area (Å²) in [4.78, 5) is 15.3. The number of carbonyl (C=O) groups is 1. The molecule has 0 fully saturated rings. The van der Waals surface area contributed by atoms with E-state index in [0.717, 1.165) is 63.5 Å². The van der Waals surface area contributed by atoms with Gasteiger partial charge in [-0.25, -0.2) is 4.79 Å². The normalized spacial score (nSPS) is 16.9. The van der Waals surface area contributed by atoms with Gasteiger partial charge in [0, 0.05) is 48.4 Å². The number of benzene rings is 4. The molecule has 5 nitrogen and oxygen atoms in total. The molecule has 4 aromatic rings. The van der Waals surface area contributed by atoms with E-state index in [1.54, 1.807) is 0 Å². The van der Waals surface area contributed by atoms with Crippen molar-refractivity contribution in [3.05, 3.63) is 112 Å². The molecule has 0 amide bonds. The summed E-state index contributed by atoms with van der Waals surface area (Å²) in [5.41, 5.74) is 7.45. The molecule has 0 aromatic heterocycles. The van der Waals surface area contributed by atoms with E-state index in [-0.39, 0.29) is 5.97 Å². The highest BCUT2D eigenvalue weighted by molar-refractivity contribution is 5.97. The molecule has 0 bridgehead atoms. The Bertz CT molecular complexity index is 1520. The Hall–Kier alpha value is -4.25. The Labute approximate surface area is 217 Å². The van der Waals surface area contributed by atoms with E-state index in [4.69, 9.17) is 9.47 Å². The van der Waals surface area contributed by atoms with Crippen molar-refractivity contribution in [3.8, 4) is 11.5 Å². The SMILES string of the molecule is CCc1ccc(CC)c2c1Oc1cc(Nc3ccc(N(C)C)cc3)ccc1C21OC(=O)c2ccccc21. The fourth-order valence-corrected chi connectivity index (χ4v) is 5.57. The highest BCUT2D eigenvalue weighted by Gasteiger charge is 2.54. The number of anilines is 3. The Balaban J connectivity index is 1.53. The molecule has 0 radical (unpaired) electrons. The van der Waals surface area contributed by atoms with Gasteiger partial charge in [-0.3, -0.25) is 0 Å². The lowest BCUT2D eigenvalue weighted by atomic mass is 9.74. The van der Waals surface area contributed by atoms with Crippen molar-refractivity contribution in [1.29, 1.82) is 0 Å². The standard InChI is InChI=1S/C32H30N2O3/c1-5-20-11-12-21(6-2)30-29(20)32(26-10-8-7-9-25(26)31(35)37-32)27-18-15-23(19-28(27)36-30)33-22-13-16-24(17-14-22)34(3)4/h7-19,33H,5-6H2,1-4H3. The monoisotopic (exact) mass is 490 g/mol. The number of rotatable bonds is 5. The molecule has 6 rings (SSSR count). The van der Waals surface area contributed by atoms with Crippen molar-refractivity contribution in [2.75, 3.05) is 24.3 Å². The summed E-state index contributed by atoms with van der Waals surface area (Å²) in [6.07, 6.45) is 1.61. The Morgan fingerprint density at radius 1 is 0.811 bits per heavy atom. The second kappa shape index (κ2) is 8.70. The van der Waals surface area contributed by atoms with Crippen LogP contribution in [-0.2, 0) is 23.2 Å². The van der Waals surface area contributed by atoms with Gasteiger partial charge >= 0.3 is 5.97 Å². The third kappa shape index (κ3) is 3.49. The van der Waals surface area contributed by atoms with Crippen LogP contribution in [0.1, 0.15) is 52.0 Å². The average molecular weight is 491 g/mol. The molecule has 0 saturated carbocycles. The number of nitrogens with zero attached hydrogens (tertiary/aromatic N) is 1. The number of carbonyl (C=O) groups excluding carboxylic acids is 1. The van der Waals surface area contributed by atoms with Gasteiger partial charge in [0.2, 0.25) is 0 Å². The summed E-state index contributed by atoms with van der Waals surface area (Å²) in [5.74, 6) is 1.18. The van der Waals surface area contributed by atoms with Crippen LogP contribution in [0, 0.1) is 0 Å². The second-order valence-corrected chi connectivity index (χ2v) is 9.79. The summed E-state index contributed by atoms with van der Waals surface area (Å²) >= 11 is 0. The van der Waals surface area contributed by atoms with Gasteiger partial charge in [0.15, 0.2) is 5.60 Å². The molecule has 186 valence electrons. The first-order valence-electron chi connectivity index (χ1n) is 12.8. The van der Waals surface area contributed by atoms with Crippen LogP contribution in [-0.4, -0.2) is 20.1 Å². The summed E-state index contributed by atoms with van der Waals surface area (Å²) in [6.45, 7) is 4.25. The van der Waals surface area contributed by atoms with E-state index in [2.05, 4.69) is 60.5 Å². The van der Waals surface area contributed by atoms with Crippen LogP contribution in [0.4, 0.5) is 17.1 Å². The van der Waals surface area contributed by atoms with Gasteiger partial charge in [-0.15, -0.1) is 0 Å². The van der Waals surface area contributed by atoms with Crippen LogP contribution in [0.5, 0.6) is 11.5 Å². The minimum Gasteiger partial charge on any atom is -0.456 e. The van der Waals surface area contributed by atoms with Gasteiger partial charge in [0.25, 0.3) is 0 Å². The Morgan fingerprint density at radius 2 is 1.51 bits per heavy atom. The Morgan fingerprint density at radius 3 is 2.24 bits per heavy atom. The molecule has 1 atom stereocenters. The van der Waals surface area contributed by atoms with Crippen molar-refractivity contribution in [2.45, 2.75) is 32.3 Å². The molecule has 1 unspecified atom stereocenters. The predicted octanol–water partition coefficient (Wildman–Crippen LogP) is 7.19. The first-order valence-corrected chi connectivity index (χ1v) is 12.8. The molecule has 0 saturated heterocycles. The van der Waals surface area contributed by atoms with Crippen molar-refractivity contribution in [1.82, 2.24) is 0 Å². The summed E-state index contributed by atoms with van der Waals surface area (Å²) in [6, 6.07) is 26.3. The zero-order valence-corrected chi connectivity index (χ0v) is 21.6. The molecule has 5 heteroatoms.